The summed E-state index contributed by atoms with van der Waals surface area (Å²) in [4.78, 5) is 17.2. The maximum atomic E-state index is 9.54. The zero-order valence-electron chi connectivity index (χ0n) is 27.7. The van der Waals surface area contributed by atoms with Crippen LogP contribution < -0.4 is 19.9 Å². The van der Waals surface area contributed by atoms with Gasteiger partial charge in [-0.2, -0.15) is 20.3 Å². The van der Waals surface area contributed by atoms with Crippen molar-refractivity contribution in [1.29, 1.82) is 5.26 Å². The number of rotatable bonds is 10. The summed E-state index contributed by atoms with van der Waals surface area (Å²) < 4.78 is 14.6. The lowest BCUT2D eigenvalue weighted by atomic mass is 10.1. The zero-order chi connectivity index (χ0) is 31.6. The van der Waals surface area contributed by atoms with E-state index >= 15 is 0 Å². The van der Waals surface area contributed by atoms with Crippen LogP contribution >= 0.6 is 0 Å². The molecule has 242 valence electrons. The van der Waals surface area contributed by atoms with E-state index in [4.69, 9.17) is 24.5 Å². The quantitative estimate of drug-likeness (QED) is 0.336. The molecule has 2 saturated heterocycles. The lowest BCUT2D eigenvalue weighted by molar-refractivity contribution is -0.0366. The Bertz CT molecular complexity index is 1530. The molecule has 0 amide bonds. The number of aryl methyl sites for hydroxylation is 1. The number of likely N-dealkylation sites (N-methyl/N-ethyl adjacent to an activating group) is 3. The largest absolute Gasteiger partial charge is 0.462 e. The van der Waals surface area contributed by atoms with Gasteiger partial charge in [-0.25, -0.2) is 4.68 Å². The first-order valence-corrected chi connectivity index (χ1v) is 17.6. The Morgan fingerprint density at radius 2 is 2.07 bits per heavy atom. The lowest BCUT2D eigenvalue weighted by Crippen LogP contribution is -2.52. The van der Waals surface area contributed by atoms with E-state index in [2.05, 4.69) is 63.9 Å². The minimum absolute atomic E-state index is 0.00601. The highest BCUT2D eigenvalue weighted by Gasteiger charge is 2.30. The minimum Gasteiger partial charge on any atom is -0.462 e. The van der Waals surface area contributed by atoms with Crippen LogP contribution in [0.15, 0.2) is 18.3 Å². The molecule has 3 atom stereocenters. The average molecular weight is 632 g/mol. The first kappa shape index (κ1) is 31.7. The molecular formula is C33H49N9O2Si. The molecule has 2 fully saturated rings. The number of hydrogen-bond donors (Lipinski definition) is 1. The molecule has 0 radical (unpaired) electrons. The third-order valence-corrected chi connectivity index (χ3v) is 11.2. The summed E-state index contributed by atoms with van der Waals surface area (Å²) in [6, 6.07) is 7.61. The molecular weight excluding hydrogens is 583 g/mol. The predicted octanol–water partition coefficient (Wildman–Crippen LogP) is 2.89. The van der Waals surface area contributed by atoms with Gasteiger partial charge < -0.3 is 29.5 Å². The maximum Gasteiger partial charge on any atom is 0.318 e. The van der Waals surface area contributed by atoms with Gasteiger partial charge in [-0.05, 0) is 84.1 Å². The number of likely N-dealkylation sites (tertiary alicyclic amines) is 1. The molecule has 12 heteroatoms. The number of nitriles is 1. The van der Waals surface area contributed by atoms with Gasteiger partial charge in [-0.15, -0.1) is 0 Å². The second-order valence-corrected chi connectivity index (χ2v) is 15.4. The van der Waals surface area contributed by atoms with Crippen LogP contribution in [0.1, 0.15) is 68.0 Å². The van der Waals surface area contributed by atoms with E-state index in [0.717, 1.165) is 90.9 Å². The van der Waals surface area contributed by atoms with Crippen molar-refractivity contribution in [2.45, 2.75) is 82.3 Å². The highest BCUT2D eigenvalue weighted by atomic mass is 28.1. The fourth-order valence-electron chi connectivity index (χ4n) is 7.30. The molecule has 0 saturated carbocycles. The molecule has 2 unspecified atom stereocenters. The van der Waals surface area contributed by atoms with Gasteiger partial charge in [0.1, 0.15) is 12.4 Å². The van der Waals surface area contributed by atoms with Crippen molar-refractivity contribution in [3.63, 3.8) is 0 Å². The molecule has 3 aromatic rings. The van der Waals surface area contributed by atoms with Gasteiger partial charge in [-0.1, -0.05) is 6.07 Å². The highest BCUT2D eigenvalue weighted by molar-refractivity contribution is 6.16. The van der Waals surface area contributed by atoms with Crippen LogP contribution in [0.5, 0.6) is 6.01 Å². The number of benzene rings is 1. The zero-order valence-corrected chi connectivity index (χ0v) is 29.7. The van der Waals surface area contributed by atoms with Gasteiger partial charge in [0.2, 0.25) is 0 Å². The predicted molar refractivity (Wildman–Crippen MR) is 181 cm³/mol. The topological polar surface area (TPSA) is 108 Å². The van der Waals surface area contributed by atoms with Crippen LogP contribution in [0.4, 0.5) is 11.5 Å². The Morgan fingerprint density at radius 1 is 1.20 bits per heavy atom. The molecule has 2 aromatic heterocycles. The third kappa shape index (κ3) is 6.68. The van der Waals surface area contributed by atoms with Crippen LogP contribution in [-0.2, 0) is 17.7 Å². The number of aromatic nitrogens is 4. The lowest BCUT2D eigenvalue weighted by Gasteiger charge is -2.33. The maximum absolute atomic E-state index is 9.54. The van der Waals surface area contributed by atoms with Gasteiger partial charge in [0, 0.05) is 59.1 Å². The molecule has 0 spiro atoms. The van der Waals surface area contributed by atoms with Gasteiger partial charge >= 0.3 is 6.01 Å². The number of ether oxygens (including phenoxy) is 2. The Kier molecular flexibility index (Phi) is 9.61. The van der Waals surface area contributed by atoms with E-state index in [1.807, 2.05) is 13.2 Å². The molecule has 3 aliphatic rings. The molecule has 6 rings (SSSR count). The molecule has 3 aliphatic heterocycles. The molecule has 0 bridgehead atoms. The Hall–Kier alpha value is -3.24. The van der Waals surface area contributed by atoms with Crippen LogP contribution in [0, 0.1) is 18.3 Å². The van der Waals surface area contributed by atoms with E-state index in [9.17, 15) is 5.26 Å². The Morgan fingerprint density at radius 3 is 2.80 bits per heavy atom. The summed E-state index contributed by atoms with van der Waals surface area (Å²) in [5.41, 5.74) is 5.76. The van der Waals surface area contributed by atoms with Crippen LogP contribution in [0.25, 0.3) is 10.9 Å². The first-order valence-electron chi connectivity index (χ1n) is 16.6. The standard InChI is InChI=1S/C33H49N9O2Si/c1-23-12-13-28-26(19-36-42(28)29-11-5-6-18-43-29)30(23)41-17-8-10-25-27(20-41)37-32(44-21-24-9-7-16-39(24)3)38-31(25)40(4)22-33(45,35-2)14-15-34/h12-13,19,24,29,35H,5-11,14,16-18,20-22H2,1-4,45H3/t24?,29?,33-/m0/s1. The van der Waals surface area contributed by atoms with Gasteiger partial charge in [0.15, 0.2) is 6.23 Å². The van der Waals surface area contributed by atoms with E-state index < -0.39 is 0 Å². The molecule has 0 aliphatic carbocycles. The summed E-state index contributed by atoms with van der Waals surface area (Å²) in [6.45, 7) is 6.93. The molecule has 1 N–H and O–H groups in total. The van der Waals surface area contributed by atoms with Crippen LogP contribution in [-0.4, -0.2) is 100 Å². The highest BCUT2D eigenvalue weighted by Crippen LogP contribution is 2.37. The van der Waals surface area contributed by atoms with Crippen molar-refractivity contribution >= 4 is 32.7 Å². The first-order chi connectivity index (χ1) is 21.8. The summed E-state index contributed by atoms with van der Waals surface area (Å²) in [5, 5.41) is 18.7. The van der Waals surface area contributed by atoms with Crippen molar-refractivity contribution in [3.05, 3.63) is 35.2 Å². The Balaban J connectivity index is 1.35. The smallest absolute Gasteiger partial charge is 0.318 e. The summed E-state index contributed by atoms with van der Waals surface area (Å²) in [6.07, 6.45) is 9.93. The average Bonchev–Trinajstić information content (AvgIpc) is 3.59. The second-order valence-electron chi connectivity index (χ2n) is 13.4. The van der Waals surface area contributed by atoms with Crippen LogP contribution in [0.2, 0.25) is 0 Å². The van der Waals surface area contributed by atoms with Crippen molar-refractivity contribution in [3.8, 4) is 12.1 Å². The van der Waals surface area contributed by atoms with E-state index in [-0.39, 0.29) is 11.4 Å². The Labute approximate surface area is 270 Å². The number of fused-ring (bicyclic) bond motifs is 2. The fourth-order valence-corrected chi connectivity index (χ4v) is 7.93. The van der Waals surface area contributed by atoms with E-state index in [1.54, 1.807) is 0 Å². The number of nitrogens with one attached hydrogen (secondary N) is 1. The SMILES string of the molecule is CN[C@]([SiH3])(CC#N)CN(C)c1nc(OCC2CCCN2C)nc2c1CCCN(c1c(C)ccc3c1cnn3C1CCCCO1)C2. The molecule has 45 heavy (non-hydrogen) atoms. The fraction of sp³-hybridized carbons (Fsp3) is 0.636. The second kappa shape index (κ2) is 13.6. The molecule has 5 heterocycles. The van der Waals surface area contributed by atoms with E-state index in [0.29, 0.717) is 38.2 Å². The van der Waals surface area contributed by atoms with Crippen molar-refractivity contribution < 1.29 is 9.47 Å². The van der Waals surface area contributed by atoms with Crippen molar-refractivity contribution in [1.82, 2.24) is 30.0 Å². The summed E-state index contributed by atoms with van der Waals surface area (Å²) >= 11 is 0. The number of nitrogens with zero attached hydrogens (tertiary/aromatic N) is 8. The van der Waals surface area contributed by atoms with Gasteiger partial charge in [-0.3, -0.25) is 0 Å². The normalized spacial score (nSPS) is 22.2. The van der Waals surface area contributed by atoms with Gasteiger partial charge in [0.05, 0.1) is 42.1 Å². The minimum atomic E-state index is -0.235. The molecule has 11 nitrogen and oxygen atoms in total. The van der Waals surface area contributed by atoms with Crippen molar-refractivity contribution in [2.75, 3.05) is 63.8 Å². The van der Waals surface area contributed by atoms with E-state index in [1.165, 1.54) is 23.2 Å². The summed E-state index contributed by atoms with van der Waals surface area (Å²) in [7, 11) is 7.05. The molecule has 1 aromatic carbocycles. The van der Waals surface area contributed by atoms with Gasteiger partial charge in [0.25, 0.3) is 0 Å². The summed E-state index contributed by atoms with van der Waals surface area (Å²) in [5.74, 6) is 0.919. The van der Waals surface area contributed by atoms with Crippen LogP contribution in [0.3, 0.4) is 0 Å². The third-order valence-electron chi connectivity index (χ3n) is 10.0. The monoisotopic (exact) mass is 631 g/mol. The number of anilines is 2. The van der Waals surface area contributed by atoms with Crippen molar-refractivity contribution in [2.24, 2.45) is 0 Å². The number of hydrogen-bond acceptors (Lipinski definition) is 10.